The average molecular weight is 377 g/mol. The zero-order valence-corrected chi connectivity index (χ0v) is 14.5. The summed E-state index contributed by atoms with van der Waals surface area (Å²) >= 11 is 3.29. The molecule has 1 atom stereocenters. The van der Waals surface area contributed by atoms with E-state index in [-0.39, 0.29) is 11.0 Å². The molecule has 0 aromatic heterocycles. The number of aryl methyl sites for hydroxylation is 1. The Labute approximate surface area is 134 Å². The molecule has 3 N–H and O–H groups in total. The van der Waals surface area contributed by atoms with Gasteiger partial charge in [0.15, 0.2) is 0 Å². The largest absolute Gasteiger partial charge is 0.398 e. The van der Waals surface area contributed by atoms with Gasteiger partial charge in [0.25, 0.3) is 0 Å². The third kappa shape index (κ3) is 4.42. The number of anilines is 1. The van der Waals surface area contributed by atoms with Gasteiger partial charge in [-0.3, -0.25) is 0 Å². The minimum Gasteiger partial charge on any atom is -0.398 e. The predicted molar refractivity (Wildman–Crippen MR) is 86.7 cm³/mol. The van der Waals surface area contributed by atoms with Crippen LogP contribution < -0.4 is 10.5 Å². The normalized spacial score (nSPS) is 19.6. The summed E-state index contributed by atoms with van der Waals surface area (Å²) < 4.78 is 33.6. The Morgan fingerprint density at radius 1 is 1.43 bits per heavy atom. The molecule has 21 heavy (non-hydrogen) atoms. The van der Waals surface area contributed by atoms with Gasteiger partial charge < -0.3 is 10.5 Å². The van der Waals surface area contributed by atoms with Crippen LogP contribution in [-0.2, 0) is 14.8 Å². The van der Waals surface area contributed by atoms with Crippen molar-refractivity contribution in [2.45, 2.75) is 43.6 Å². The van der Waals surface area contributed by atoms with E-state index < -0.39 is 10.0 Å². The van der Waals surface area contributed by atoms with Crippen LogP contribution in [0, 0.1) is 6.92 Å². The number of sulfonamides is 1. The molecule has 5 nitrogen and oxygen atoms in total. The van der Waals surface area contributed by atoms with Crippen molar-refractivity contribution in [3.05, 3.63) is 22.2 Å². The zero-order valence-electron chi connectivity index (χ0n) is 12.1. The second-order valence-corrected chi connectivity index (χ2v) is 7.90. The summed E-state index contributed by atoms with van der Waals surface area (Å²) in [5, 5.41) is 0. The summed E-state index contributed by atoms with van der Waals surface area (Å²) in [5.41, 5.74) is 6.85. The number of halogens is 1. The van der Waals surface area contributed by atoms with Gasteiger partial charge in [-0.2, -0.15) is 0 Å². The van der Waals surface area contributed by atoms with E-state index in [0.717, 1.165) is 25.9 Å². The van der Waals surface area contributed by atoms with Gasteiger partial charge in [-0.1, -0.05) is 0 Å². The van der Waals surface area contributed by atoms with Gasteiger partial charge >= 0.3 is 0 Å². The molecule has 2 rings (SSSR count). The van der Waals surface area contributed by atoms with Crippen molar-refractivity contribution in [2.75, 3.05) is 18.9 Å². The van der Waals surface area contributed by atoms with Gasteiger partial charge in [0.2, 0.25) is 10.0 Å². The number of ether oxygens (including phenoxy) is 1. The van der Waals surface area contributed by atoms with Crippen LogP contribution in [0.3, 0.4) is 0 Å². The van der Waals surface area contributed by atoms with E-state index in [1.807, 2.05) is 0 Å². The molecule has 0 saturated carbocycles. The minimum atomic E-state index is -3.54. The maximum atomic E-state index is 12.3. The first-order chi connectivity index (χ1) is 9.90. The van der Waals surface area contributed by atoms with Gasteiger partial charge in [0.1, 0.15) is 0 Å². The van der Waals surface area contributed by atoms with Crippen molar-refractivity contribution >= 4 is 31.6 Å². The van der Waals surface area contributed by atoms with E-state index in [0.29, 0.717) is 28.7 Å². The van der Waals surface area contributed by atoms with Crippen molar-refractivity contribution < 1.29 is 13.2 Å². The molecular weight excluding hydrogens is 356 g/mol. The molecule has 118 valence electrons. The van der Waals surface area contributed by atoms with Gasteiger partial charge in [-0.05, 0) is 66.2 Å². The molecule has 0 spiro atoms. The summed E-state index contributed by atoms with van der Waals surface area (Å²) in [6.45, 7) is 2.91. The van der Waals surface area contributed by atoms with E-state index >= 15 is 0 Å². The molecule has 1 fully saturated rings. The monoisotopic (exact) mass is 376 g/mol. The van der Waals surface area contributed by atoms with Crippen molar-refractivity contribution in [2.24, 2.45) is 0 Å². The highest BCUT2D eigenvalue weighted by atomic mass is 79.9. The van der Waals surface area contributed by atoms with E-state index in [1.54, 1.807) is 13.0 Å². The lowest BCUT2D eigenvalue weighted by Crippen LogP contribution is -2.30. The number of nitrogen functional groups attached to an aromatic ring is 1. The van der Waals surface area contributed by atoms with Gasteiger partial charge in [0, 0.05) is 23.3 Å². The Hall–Kier alpha value is -0.630. The Balaban J connectivity index is 1.99. The summed E-state index contributed by atoms with van der Waals surface area (Å²) in [5.74, 6) is 0. The predicted octanol–water partition coefficient (Wildman–Crippen LogP) is 2.58. The lowest BCUT2D eigenvalue weighted by molar-refractivity contribution is 0.0123. The van der Waals surface area contributed by atoms with E-state index in [2.05, 4.69) is 20.7 Å². The van der Waals surface area contributed by atoms with Crippen molar-refractivity contribution in [3.8, 4) is 0 Å². The van der Waals surface area contributed by atoms with Crippen LogP contribution in [0.15, 0.2) is 21.5 Å². The maximum absolute atomic E-state index is 12.3. The molecule has 1 heterocycles. The van der Waals surface area contributed by atoms with Crippen LogP contribution in [0.5, 0.6) is 0 Å². The van der Waals surface area contributed by atoms with E-state index in [1.165, 1.54) is 6.07 Å². The topological polar surface area (TPSA) is 81.4 Å². The fourth-order valence-corrected chi connectivity index (χ4v) is 4.19. The Morgan fingerprint density at radius 2 is 2.19 bits per heavy atom. The molecule has 1 aliphatic rings. The highest BCUT2D eigenvalue weighted by molar-refractivity contribution is 9.10. The summed E-state index contributed by atoms with van der Waals surface area (Å²) in [6, 6.07) is 3.20. The molecule has 1 aromatic rings. The van der Waals surface area contributed by atoms with Crippen LogP contribution in [-0.4, -0.2) is 27.7 Å². The van der Waals surface area contributed by atoms with Crippen molar-refractivity contribution in [3.63, 3.8) is 0 Å². The van der Waals surface area contributed by atoms with Crippen LogP contribution in [0.4, 0.5) is 5.69 Å². The van der Waals surface area contributed by atoms with Gasteiger partial charge in [0.05, 0.1) is 11.0 Å². The first kappa shape index (κ1) is 16.7. The first-order valence-corrected chi connectivity index (χ1v) is 9.34. The van der Waals surface area contributed by atoms with Crippen LogP contribution in [0.1, 0.15) is 31.2 Å². The number of nitrogens with one attached hydrogen (secondary N) is 1. The standard InChI is InChI=1S/C14H21BrN2O3S/c1-10-8-12(15)13(16)9-14(10)21(18,19)17-6-5-11-4-2-3-7-20-11/h8-9,11,17H,2-7,16H2,1H3. The lowest BCUT2D eigenvalue weighted by Gasteiger charge is -2.22. The summed E-state index contributed by atoms with van der Waals surface area (Å²) in [4.78, 5) is 0.229. The third-order valence-corrected chi connectivity index (χ3v) is 5.91. The molecule has 1 aliphatic heterocycles. The van der Waals surface area contributed by atoms with Crippen molar-refractivity contribution in [1.29, 1.82) is 0 Å². The minimum absolute atomic E-state index is 0.164. The summed E-state index contributed by atoms with van der Waals surface area (Å²) in [6.07, 6.45) is 4.12. The smallest absolute Gasteiger partial charge is 0.240 e. The molecule has 0 amide bonds. The van der Waals surface area contributed by atoms with Gasteiger partial charge in [-0.25, -0.2) is 13.1 Å². The molecule has 1 unspecified atom stereocenters. The van der Waals surface area contributed by atoms with E-state index in [4.69, 9.17) is 10.5 Å². The zero-order chi connectivity index (χ0) is 15.5. The number of rotatable bonds is 5. The molecule has 0 radical (unpaired) electrons. The van der Waals surface area contributed by atoms with E-state index in [9.17, 15) is 8.42 Å². The second-order valence-electron chi connectivity index (χ2n) is 5.31. The summed E-state index contributed by atoms with van der Waals surface area (Å²) in [7, 11) is -3.54. The SMILES string of the molecule is Cc1cc(Br)c(N)cc1S(=O)(=O)NCCC1CCCCO1. The van der Waals surface area contributed by atoms with Crippen LogP contribution in [0.2, 0.25) is 0 Å². The third-order valence-electron chi connectivity index (χ3n) is 3.62. The molecular formula is C14H21BrN2O3S. The lowest BCUT2D eigenvalue weighted by atomic mass is 10.1. The highest BCUT2D eigenvalue weighted by Gasteiger charge is 2.19. The Bertz CT molecular complexity index is 598. The fraction of sp³-hybridized carbons (Fsp3) is 0.571. The quantitative estimate of drug-likeness (QED) is 0.773. The fourth-order valence-electron chi connectivity index (χ4n) is 2.43. The first-order valence-electron chi connectivity index (χ1n) is 7.07. The Kier molecular flexibility index (Phi) is 5.65. The Morgan fingerprint density at radius 3 is 2.86 bits per heavy atom. The molecule has 0 aliphatic carbocycles. The number of hydrogen-bond acceptors (Lipinski definition) is 4. The highest BCUT2D eigenvalue weighted by Crippen LogP contribution is 2.26. The number of hydrogen-bond donors (Lipinski definition) is 2. The maximum Gasteiger partial charge on any atom is 0.240 e. The average Bonchev–Trinajstić information content (AvgIpc) is 2.43. The second kappa shape index (κ2) is 7.09. The molecule has 0 bridgehead atoms. The van der Waals surface area contributed by atoms with Crippen LogP contribution >= 0.6 is 15.9 Å². The number of nitrogens with two attached hydrogens (primary N) is 1. The van der Waals surface area contributed by atoms with Crippen molar-refractivity contribution in [1.82, 2.24) is 4.72 Å². The molecule has 1 saturated heterocycles. The van der Waals surface area contributed by atoms with Crippen LogP contribution in [0.25, 0.3) is 0 Å². The van der Waals surface area contributed by atoms with Gasteiger partial charge in [-0.15, -0.1) is 0 Å². The number of benzene rings is 1. The molecule has 1 aromatic carbocycles. The molecule has 7 heteroatoms.